The Bertz CT molecular complexity index is 408. The SMILES string of the molecule is COC(=O)c1ccc(O)c(C2CCCCO2)c1. The molecule has 0 saturated carbocycles. The van der Waals surface area contributed by atoms with E-state index in [1.54, 1.807) is 12.1 Å². The maximum Gasteiger partial charge on any atom is 0.337 e. The van der Waals surface area contributed by atoms with E-state index in [4.69, 9.17) is 4.74 Å². The van der Waals surface area contributed by atoms with E-state index in [1.165, 1.54) is 13.2 Å². The van der Waals surface area contributed by atoms with Gasteiger partial charge in [-0.1, -0.05) is 0 Å². The lowest BCUT2D eigenvalue weighted by Crippen LogP contribution is -2.12. The molecule has 0 spiro atoms. The minimum absolute atomic E-state index is 0.117. The van der Waals surface area contributed by atoms with Gasteiger partial charge in [0.1, 0.15) is 5.75 Å². The summed E-state index contributed by atoms with van der Waals surface area (Å²) in [5.41, 5.74) is 1.11. The molecule has 1 unspecified atom stereocenters. The zero-order chi connectivity index (χ0) is 12.3. The van der Waals surface area contributed by atoms with Crippen LogP contribution in [0.1, 0.15) is 41.3 Å². The van der Waals surface area contributed by atoms with Gasteiger partial charge in [0, 0.05) is 12.2 Å². The van der Waals surface area contributed by atoms with E-state index in [-0.39, 0.29) is 11.9 Å². The number of hydrogen-bond donors (Lipinski definition) is 1. The molecule has 2 rings (SSSR count). The highest BCUT2D eigenvalue weighted by atomic mass is 16.5. The monoisotopic (exact) mass is 236 g/mol. The van der Waals surface area contributed by atoms with Gasteiger partial charge in [-0.25, -0.2) is 4.79 Å². The largest absolute Gasteiger partial charge is 0.508 e. The fraction of sp³-hybridized carbons (Fsp3) is 0.462. The fourth-order valence-electron chi connectivity index (χ4n) is 2.04. The van der Waals surface area contributed by atoms with E-state index in [9.17, 15) is 9.90 Å². The number of aromatic hydroxyl groups is 1. The smallest absolute Gasteiger partial charge is 0.337 e. The molecule has 1 aliphatic rings. The molecule has 17 heavy (non-hydrogen) atoms. The molecule has 4 nitrogen and oxygen atoms in total. The van der Waals surface area contributed by atoms with Gasteiger partial charge in [-0.2, -0.15) is 0 Å². The molecule has 1 fully saturated rings. The molecule has 1 saturated heterocycles. The topological polar surface area (TPSA) is 55.8 Å². The highest BCUT2D eigenvalue weighted by molar-refractivity contribution is 5.89. The molecule has 0 aromatic heterocycles. The summed E-state index contributed by atoms with van der Waals surface area (Å²) in [6.07, 6.45) is 2.88. The van der Waals surface area contributed by atoms with Crippen molar-refractivity contribution in [2.75, 3.05) is 13.7 Å². The first-order valence-electron chi connectivity index (χ1n) is 5.75. The maximum absolute atomic E-state index is 11.4. The number of methoxy groups -OCH3 is 1. The van der Waals surface area contributed by atoms with Gasteiger partial charge in [0.15, 0.2) is 0 Å². The Balaban J connectivity index is 2.28. The van der Waals surface area contributed by atoms with Crippen molar-refractivity contribution >= 4 is 5.97 Å². The van der Waals surface area contributed by atoms with E-state index >= 15 is 0 Å². The minimum Gasteiger partial charge on any atom is -0.508 e. The summed E-state index contributed by atoms with van der Waals surface area (Å²) in [5, 5.41) is 9.81. The number of phenols is 1. The Kier molecular flexibility index (Phi) is 3.64. The van der Waals surface area contributed by atoms with Gasteiger partial charge in [-0.15, -0.1) is 0 Å². The van der Waals surface area contributed by atoms with Crippen molar-refractivity contribution in [2.45, 2.75) is 25.4 Å². The summed E-state index contributed by atoms with van der Waals surface area (Å²) < 4.78 is 10.3. The summed E-state index contributed by atoms with van der Waals surface area (Å²) >= 11 is 0. The number of esters is 1. The van der Waals surface area contributed by atoms with E-state index in [0.717, 1.165) is 19.3 Å². The van der Waals surface area contributed by atoms with Crippen LogP contribution in [-0.4, -0.2) is 24.8 Å². The number of phenolic OH excluding ortho intramolecular Hbond substituents is 1. The van der Waals surface area contributed by atoms with Crippen LogP contribution in [-0.2, 0) is 9.47 Å². The molecule has 1 N–H and O–H groups in total. The molecule has 92 valence electrons. The second kappa shape index (κ2) is 5.19. The lowest BCUT2D eigenvalue weighted by molar-refractivity contribution is 0.0136. The third-order valence-corrected chi connectivity index (χ3v) is 2.98. The van der Waals surface area contributed by atoms with Gasteiger partial charge >= 0.3 is 5.97 Å². The Hall–Kier alpha value is -1.55. The van der Waals surface area contributed by atoms with Crippen molar-refractivity contribution in [3.63, 3.8) is 0 Å². The van der Waals surface area contributed by atoms with Crippen molar-refractivity contribution in [1.29, 1.82) is 0 Å². The lowest BCUT2D eigenvalue weighted by Gasteiger charge is -2.23. The van der Waals surface area contributed by atoms with Crippen LogP contribution in [0.2, 0.25) is 0 Å². The standard InChI is InChI=1S/C13H16O4/c1-16-13(15)9-5-6-11(14)10(8-9)12-4-2-3-7-17-12/h5-6,8,12,14H,2-4,7H2,1H3. The van der Waals surface area contributed by atoms with Gasteiger partial charge in [0.05, 0.1) is 18.8 Å². The summed E-state index contributed by atoms with van der Waals surface area (Å²) in [4.78, 5) is 11.4. The van der Waals surface area contributed by atoms with Crippen LogP contribution in [0.4, 0.5) is 0 Å². The van der Waals surface area contributed by atoms with Crippen LogP contribution in [0.5, 0.6) is 5.75 Å². The normalized spacial score (nSPS) is 19.9. The van der Waals surface area contributed by atoms with Crippen LogP contribution in [0.15, 0.2) is 18.2 Å². The molecule has 1 atom stereocenters. The first-order valence-corrected chi connectivity index (χ1v) is 5.75. The first kappa shape index (κ1) is 11.9. The van der Waals surface area contributed by atoms with Gasteiger partial charge in [0.25, 0.3) is 0 Å². The Morgan fingerprint density at radius 2 is 2.29 bits per heavy atom. The van der Waals surface area contributed by atoms with Crippen molar-refractivity contribution in [3.8, 4) is 5.75 Å². The molecule has 0 radical (unpaired) electrons. The number of benzene rings is 1. The lowest BCUT2D eigenvalue weighted by atomic mass is 9.98. The van der Waals surface area contributed by atoms with Gasteiger partial charge < -0.3 is 14.6 Å². The molecule has 4 heteroatoms. The van der Waals surface area contributed by atoms with Gasteiger partial charge in [0.2, 0.25) is 0 Å². The number of ether oxygens (including phenoxy) is 2. The van der Waals surface area contributed by atoms with Crippen LogP contribution in [0, 0.1) is 0 Å². The number of rotatable bonds is 2. The highest BCUT2D eigenvalue weighted by Crippen LogP contribution is 2.34. The molecule has 0 aliphatic carbocycles. The first-order chi connectivity index (χ1) is 8.22. The zero-order valence-corrected chi connectivity index (χ0v) is 9.81. The van der Waals surface area contributed by atoms with Crippen molar-refractivity contribution in [3.05, 3.63) is 29.3 Å². The number of hydrogen-bond acceptors (Lipinski definition) is 4. The van der Waals surface area contributed by atoms with Crippen LogP contribution < -0.4 is 0 Å². The van der Waals surface area contributed by atoms with E-state index in [0.29, 0.717) is 17.7 Å². The summed E-state index contributed by atoms with van der Waals surface area (Å²) in [5.74, 6) is -0.230. The Morgan fingerprint density at radius 1 is 1.47 bits per heavy atom. The molecule has 1 heterocycles. The average molecular weight is 236 g/mol. The molecule has 1 aromatic carbocycles. The molecular weight excluding hydrogens is 220 g/mol. The second-order valence-corrected chi connectivity index (χ2v) is 4.12. The van der Waals surface area contributed by atoms with Gasteiger partial charge in [-0.3, -0.25) is 0 Å². The highest BCUT2D eigenvalue weighted by Gasteiger charge is 2.20. The fourth-order valence-corrected chi connectivity index (χ4v) is 2.04. The van der Waals surface area contributed by atoms with E-state index in [1.807, 2.05) is 0 Å². The van der Waals surface area contributed by atoms with Gasteiger partial charge in [-0.05, 0) is 37.5 Å². The summed E-state index contributed by atoms with van der Waals surface area (Å²) in [6.45, 7) is 0.701. The third kappa shape index (κ3) is 2.58. The number of carbonyl (C=O) groups excluding carboxylic acids is 1. The van der Waals surface area contributed by atoms with Crippen molar-refractivity contribution < 1.29 is 19.4 Å². The molecule has 1 aromatic rings. The zero-order valence-electron chi connectivity index (χ0n) is 9.81. The molecule has 0 amide bonds. The average Bonchev–Trinajstić information content (AvgIpc) is 2.39. The molecule has 1 aliphatic heterocycles. The predicted molar refractivity (Wildman–Crippen MR) is 62.0 cm³/mol. The summed E-state index contributed by atoms with van der Waals surface area (Å²) in [6, 6.07) is 4.71. The maximum atomic E-state index is 11.4. The summed E-state index contributed by atoms with van der Waals surface area (Å²) in [7, 11) is 1.34. The van der Waals surface area contributed by atoms with Crippen LogP contribution in [0.3, 0.4) is 0 Å². The van der Waals surface area contributed by atoms with Crippen molar-refractivity contribution in [2.24, 2.45) is 0 Å². The molecule has 0 bridgehead atoms. The Labute approximate surface area is 100 Å². The van der Waals surface area contributed by atoms with Crippen LogP contribution >= 0.6 is 0 Å². The van der Waals surface area contributed by atoms with E-state index in [2.05, 4.69) is 4.74 Å². The second-order valence-electron chi connectivity index (χ2n) is 4.12. The quantitative estimate of drug-likeness (QED) is 0.801. The third-order valence-electron chi connectivity index (χ3n) is 2.98. The van der Waals surface area contributed by atoms with Crippen molar-refractivity contribution in [1.82, 2.24) is 0 Å². The van der Waals surface area contributed by atoms with Crippen LogP contribution in [0.25, 0.3) is 0 Å². The van der Waals surface area contributed by atoms with E-state index < -0.39 is 5.97 Å². The number of carbonyl (C=O) groups is 1. The predicted octanol–water partition coefficient (Wildman–Crippen LogP) is 2.42. The Morgan fingerprint density at radius 3 is 2.94 bits per heavy atom. The minimum atomic E-state index is -0.401. The molecular formula is C13H16O4.